The Morgan fingerprint density at radius 2 is 1.93 bits per heavy atom. The molecule has 1 N–H and O–H groups in total. The fourth-order valence-electron chi connectivity index (χ4n) is 3.08. The van der Waals surface area contributed by atoms with Gasteiger partial charge in [-0.1, -0.05) is 0 Å². The van der Waals surface area contributed by atoms with E-state index in [0.29, 0.717) is 17.7 Å². The number of nitrogens with one attached hydrogen (secondary N) is 1. The summed E-state index contributed by atoms with van der Waals surface area (Å²) in [5.74, 6) is 0.646. The third-order valence-corrected chi connectivity index (χ3v) is 4.54. The van der Waals surface area contributed by atoms with E-state index < -0.39 is 0 Å². The van der Waals surface area contributed by atoms with Crippen LogP contribution in [0, 0.1) is 0 Å². The van der Waals surface area contributed by atoms with Crippen molar-refractivity contribution in [3.8, 4) is 5.82 Å². The number of benzene rings is 1. The number of rotatable bonds is 4. The molecule has 2 aromatic heterocycles. The molecule has 0 bridgehead atoms. The molecule has 1 aliphatic heterocycles. The van der Waals surface area contributed by atoms with Crippen molar-refractivity contribution < 1.29 is 9.59 Å². The van der Waals surface area contributed by atoms with E-state index in [9.17, 15) is 9.59 Å². The summed E-state index contributed by atoms with van der Waals surface area (Å²) < 4.78 is 1.78. The lowest BCUT2D eigenvalue weighted by atomic mass is 10.1. The lowest BCUT2D eigenvalue weighted by molar-refractivity contribution is -0.119. The summed E-state index contributed by atoms with van der Waals surface area (Å²) in [6.45, 7) is 0.735. The Morgan fingerprint density at radius 3 is 2.59 bits per heavy atom. The zero-order valence-electron chi connectivity index (χ0n) is 14.7. The van der Waals surface area contributed by atoms with Gasteiger partial charge in [0.2, 0.25) is 5.91 Å². The highest BCUT2D eigenvalue weighted by Crippen LogP contribution is 2.21. The molecule has 27 heavy (non-hydrogen) atoms. The number of hydrogen-bond acceptors (Lipinski definition) is 4. The maximum Gasteiger partial charge on any atom is 0.255 e. The average Bonchev–Trinajstić information content (AvgIpc) is 3.24. The van der Waals surface area contributed by atoms with Gasteiger partial charge in [0.15, 0.2) is 0 Å². The molecule has 7 heteroatoms. The molecule has 7 nitrogen and oxygen atoms in total. The quantitative estimate of drug-likeness (QED) is 0.774. The molecule has 3 aromatic rings. The van der Waals surface area contributed by atoms with Crippen LogP contribution in [0.4, 0.5) is 11.4 Å². The predicted molar refractivity (Wildman–Crippen MR) is 102 cm³/mol. The first-order valence-electron chi connectivity index (χ1n) is 8.87. The number of aromatic nitrogens is 3. The van der Waals surface area contributed by atoms with Crippen LogP contribution in [0.15, 0.2) is 61.3 Å². The first-order valence-corrected chi connectivity index (χ1v) is 8.87. The summed E-state index contributed by atoms with van der Waals surface area (Å²) in [6.07, 6.45) is 9.29. The SMILES string of the molecule is O=C(Nc1ccc(-n2ccnc2)nc1)c1ccc(N2CCCCC2=O)cc1. The number of pyridine rings is 1. The van der Waals surface area contributed by atoms with Gasteiger partial charge in [-0.25, -0.2) is 9.97 Å². The molecule has 0 saturated carbocycles. The topological polar surface area (TPSA) is 80.1 Å². The fraction of sp³-hybridized carbons (Fsp3) is 0.200. The predicted octanol–water partition coefficient (Wildman–Crippen LogP) is 3.04. The molecular weight excluding hydrogens is 342 g/mol. The summed E-state index contributed by atoms with van der Waals surface area (Å²) in [7, 11) is 0. The lowest BCUT2D eigenvalue weighted by Gasteiger charge is -2.26. The van der Waals surface area contributed by atoms with Crippen LogP contribution in [0.2, 0.25) is 0 Å². The van der Waals surface area contributed by atoms with Crippen molar-refractivity contribution in [3.05, 3.63) is 66.9 Å². The van der Waals surface area contributed by atoms with Gasteiger partial charge in [-0.2, -0.15) is 0 Å². The van der Waals surface area contributed by atoms with Crippen LogP contribution in [0.1, 0.15) is 29.6 Å². The molecule has 0 spiro atoms. The van der Waals surface area contributed by atoms with Gasteiger partial charge in [0.05, 0.1) is 11.9 Å². The van der Waals surface area contributed by atoms with Crippen molar-refractivity contribution in [1.29, 1.82) is 0 Å². The van der Waals surface area contributed by atoms with E-state index in [1.807, 2.05) is 18.2 Å². The number of nitrogens with zero attached hydrogens (tertiary/aromatic N) is 4. The van der Waals surface area contributed by atoms with Crippen LogP contribution < -0.4 is 10.2 Å². The minimum atomic E-state index is -0.219. The number of anilines is 2. The van der Waals surface area contributed by atoms with Crippen LogP contribution >= 0.6 is 0 Å². The standard InChI is InChI=1S/C20H19N5O2/c26-19-3-1-2-11-25(19)17-7-4-15(5-8-17)20(27)23-16-6-9-18(22-13-16)24-12-10-21-14-24/h4-10,12-14H,1-3,11H2,(H,23,27). The molecule has 2 amide bonds. The summed E-state index contributed by atoms with van der Waals surface area (Å²) >= 11 is 0. The van der Waals surface area contributed by atoms with Crippen molar-refractivity contribution >= 4 is 23.2 Å². The van der Waals surface area contributed by atoms with Gasteiger partial charge in [0.25, 0.3) is 5.91 Å². The largest absolute Gasteiger partial charge is 0.321 e. The summed E-state index contributed by atoms with van der Waals surface area (Å²) in [5.41, 5.74) is 1.98. The second kappa shape index (κ2) is 7.41. The molecule has 0 atom stereocenters. The smallest absolute Gasteiger partial charge is 0.255 e. The third-order valence-electron chi connectivity index (χ3n) is 4.54. The van der Waals surface area contributed by atoms with E-state index in [4.69, 9.17) is 0 Å². The van der Waals surface area contributed by atoms with Gasteiger partial charge < -0.3 is 10.2 Å². The summed E-state index contributed by atoms with van der Waals surface area (Å²) in [5, 5.41) is 2.83. The number of imidazole rings is 1. The van der Waals surface area contributed by atoms with Crippen molar-refractivity contribution in [2.24, 2.45) is 0 Å². The van der Waals surface area contributed by atoms with Crippen molar-refractivity contribution in [2.45, 2.75) is 19.3 Å². The zero-order chi connectivity index (χ0) is 18.6. The molecule has 3 heterocycles. The molecule has 1 fully saturated rings. The Bertz CT molecular complexity index is 934. The molecule has 0 aliphatic carbocycles. The Labute approximate surface area is 156 Å². The normalized spacial score (nSPS) is 14.2. The van der Waals surface area contributed by atoms with Gasteiger partial charge in [0, 0.05) is 36.6 Å². The van der Waals surface area contributed by atoms with Crippen LogP contribution in [-0.4, -0.2) is 32.9 Å². The maximum atomic E-state index is 12.4. The van der Waals surface area contributed by atoms with E-state index in [0.717, 1.165) is 30.9 Å². The third kappa shape index (κ3) is 3.72. The minimum Gasteiger partial charge on any atom is -0.321 e. The Hall–Kier alpha value is -3.48. The Balaban J connectivity index is 1.43. The number of carbonyl (C=O) groups is 2. The molecule has 1 aromatic carbocycles. The Kier molecular flexibility index (Phi) is 4.65. The van der Waals surface area contributed by atoms with Gasteiger partial charge >= 0.3 is 0 Å². The fourth-order valence-corrected chi connectivity index (χ4v) is 3.08. The van der Waals surface area contributed by atoms with E-state index >= 15 is 0 Å². The molecule has 0 radical (unpaired) electrons. The molecule has 1 saturated heterocycles. The van der Waals surface area contributed by atoms with Crippen LogP contribution in [0.3, 0.4) is 0 Å². The van der Waals surface area contributed by atoms with Crippen LogP contribution in [-0.2, 0) is 4.79 Å². The van der Waals surface area contributed by atoms with Crippen molar-refractivity contribution in [2.75, 3.05) is 16.8 Å². The summed E-state index contributed by atoms with van der Waals surface area (Å²) in [6, 6.07) is 10.7. The highest BCUT2D eigenvalue weighted by atomic mass is 16.2. The number of carbonyl (C=O) groups excluding carboxylic acids is 2. The van der Waals surface area contributed by atoms with Crippen molar-refractivity contribution in [3.63, 3.8) is 0 Å². The number of piperidine rings is 1. The van der Waals surface area contributed by atoms with E-state index in [1.54, 1.807) is 52.6 Å². The maximum absolute atomic E-state index is 12.4. The van der Waals surface area contributed by atoms with Gasteiger partial charge in [-0.05, 0) is 49.2 Å². The molecule has 136 valence electrons. The minimum absolute atomic E-state index is 0.141. The summed E-state index contributed by atoms with van der Waals surface area (Å²) in [4.78, 5) is 34.5. The van der Waals surface area contributed by atoms with E-state index in [2.05, 4.69) is 15.3 Å². The van der Waals surface area contributed by atoms with Gasteiger partial charge in [-0.3, -0.25) is 14.2 Å². The first-order chi connectivity index (χ1) is 13.2. The highest BCUT2D eigenvalue weighted by molar-refractivity contribution is 6.04. The lowest BCUT2D eigenvalue weighted by Crippen LogP contribution is -2.35. The van der Waals surface area contributed by atoms with Gasteiger partial charge in [0.1, 0.15) is 12.1 Å². The van der Waals surface area contributed by atoms with Gasteiger partial charge in [-0.15, -0.1) is 0 Å². The van der Waals surface area contributed by atoms with Crippen LogP contribution in [0.25, 0.3) is 5.82 Å². The zero-order valence-corrected chi connectivity index (χ0v) is 14.7. The second-order valence-electron chi connectivity index (χ2n) is 6.38. The Morgan fingerprint density at radius 1 is 1.07 bits per heavy atom. The van der Waals surface area contributed by atoms with Crippen LogP contribution in [0.5, 0.6) is 0 Å². The average molecular weight is 361 g/mol. The highest BCUT2D eigenvalue weighted by Gasteiger charge is 2.19. The van der Waals surface area contributed by atoms with E-state index in [-0.39, 0.29) is 11.8 Å². The van der Waals surface area contributed by atoms with E-state index in [1.165, 1.54) is 0 Å². The number of hydrogen-bond donors (Lipinski definition) is 1. The molecule has 0 unspecified atom stereocenters. The first kappa shape index (κ1) is 17.0. The number of amides is 2. The molecule has 1 aliphatic rings. The molecular formula is C20H19N5O2. The van der Waals surface area contributed by atoms with Crippen molar-refractivity contribution in [1.82, 2.24) is 14.5 Å². The second-order valence-corrected chi connectivity index (χ2v) is 6.38. The molecule has 4 rings (SSSR count). The monoisotopic (exact) mass is 361 g/mol.